The number of carbonyl (C=O) groups excluding carboxylic acids is 1. The highest BCUT2D eigenvalue weighted by molar-refractivity contribution is 7.89. The number of fused-ring (bicyclic) bond motifs is 1. The van der Waals surface area contributed by atoms with Crippen LogP contribution >= 0.6 is 0 Å². The second-order valence-electron chi connectivity index (χ2n) is 6.71. The van der Waals surface area contributed by atoms with Crippen LogP contribution in [0.4, 0.5) is 5.95 Å². The zero-order valence-electron chi connectivity index (χ0n) is 14.9. The second-order valence-corrected chi connectivity index (χ2v) is 8.53. The van der Waals surface area contributed by atoms with Gasteiger partial charge in [-0.05, 0) is 52.1 Å². The van der Waals surface area contributed by atoms with E-state index in [4.69, 9.17) is 4.42 Å². The Bertz CT molecular complexity index is 1070. The molecule has 0 fully saturated rings. The molecular formula is C17H20N4O4S. The normalized spacial score (nSPS) is 12.5. The molecule has 8 nitrogen and oxygen atoms in total. The predicted molar refractivity (Wildman–Crippen MR) is 97.6 cm³/mol. The molecule has 138 valence electrons. The van der Waals surface area contributed by atoms with Gasteiger partial charge < -0.3 is 8.98 Å². The Morgan fingerprint density at radius 1 is 1.15 bits per heavy atom. The maximum Gasteiger partial charge on any atom is 0.293 e. The first-order chi connectivity index (χ1) is 12.1. The van der Waals surface area contributed by atoms with E-state index in [2.05, 4.69) is 15.0 Å². The van der Waals surface area contributed by atoms with Crippen molar-refractivity contribution in [2.24, 2.45) is 0 Å². The third-order valence-electron chi connectivity index (χ3n) is 3.80. The summed E-state index contributed by atoms with van der Waals surface area (Å²) in [5.41, 5.74) is 1.30. The van der Waals surface area contributed by atoms with Crippen LogP contribution in [-0.4, -0.2) is 30.9 Å². The second kappa shape index (κ2) is 6.26. The molecule has 0 radical (unpaired) electrons. The molecule has 3 rings (SSSR count). The molecule has 1 aromatic carbocycles. The summed E-state index contributed by atoms with van der Waals surface area (Å²) in [5, 5.41) is 2.38. The number of anilines is 1. The van der Waals surface area contributed by atoms with Crippen molar-refractivity contribution in [1.82, 2.24) is 14.3 Å². The van der Waals surface area contributed by atoms with Gasteiger partial charge in [-0.2, -0.15) is 0 Å². The van der Waals surface area contributed by atoms with Crippen molar-refractivity contribution in [3.63, 3.8) is 0 Å². The van der Waals surface area contributed by atoms with Gasteiger partial charge in [0.25, 0.3) is 15.9 Å². The van der Waals surface area contributed by atoms with Gasteiger partial charge in [-0.25, -0.2) is 18.1 Å². The minimum atomic E-state index is -3.75. The summed E-state index contributed by atoms with van der Waals surface area (Å²) in [6, 6.07) is 10.1. The SMILES string of the molecule is CNS(=O)(=O)c1ccc(C(=O)Nc2nc3ccccc3n2C(C)(C)C)o1. The highest BCUT2D eigenvalue weighted by Crippen LogP contribution is 2.28. The van der Waals surface area contributed by atoms with E-state index >= 15 is 0 Å². The Hall–Kier alpha value is -2.65. The molecule has 0 aliphatic heterocycles. The summed E-state index contributed by atoms with van der Waals surface area (Å²) < 4.78 is 32.7. The maximum atomic E-state index is 12.5. The van der Waals surface area contributed by atoms with Crippen molar-refractivity contribution in [2.45, 2.75) is 31.4 Å². The Balaban J connectivity index is 1.98. The molecule has 9 heteroatoms. The lowest BCUT2D eigenvalue weighted by molar-refractivity contribution is 0.0990. The first kappa shape index (κ1) is 18.2. The number of benzene rings is 1. The van der Waals surface area contributed by atoms with Gasteiger partial charge in [0, 0.05) is 5.54 Å². The number of nitrogens with zero attached hydrogens (tertiary/aromatic N) is 2. The minimum Gasteiger partial charge on any atom is -0.438 e. The van der Waals surface area contributed by atoms with E-state index in [0.717, 1.165) is 11.0 Å². The van der Waals surface area contributed by atoms with Crippen LogP contribution in [0.3, 0.4) is 0 Å². The monoisotopic (exact) mass is 376 g/mol. The van der Waals surface area contributed by atoms with E-state index in [1.54, 1.807) is 0 Å². The number of furan rings is 1. The van der Waals surface area contributed by atoms with Gasteiger partial charge in [-0.3, -0.25) is 10.1 Å². The first-order valence-electron chi connectivity index (χ1n) is 7.96. The van der Waals surface area contributed by atoms with Crippen LogP contribution < -0.4 is 10.0 Å². The first-order valence-corrected chi connectivity index (χ1v) is 9.44. The standard InChI is InChI=1S/C17H20N4O4S/c1-17(2,3)21-12-8-6-5-7-11(12)19-16(21)20-15(22)13-9-10-14(25-13)26(23,24)18-4/h5-10,18H,1-4H3,(H,19,20,22). The number of amides is 1. The predicted octanol–water partition coefficient (Wildman–Crippen LogP) is 2.54. The van der Waals surface area contributed by atoms with E-state index in [-0.39, 0.29) is 16.4 Å². The van der Waals surface area contributed by atoms with Crippen molar-refractivity contribution < 1.29 is 17.6 Å². The van der Waals surface area contributed by atoms with Gasteiger partial charge in [0.15, 0.2) is 5.76 Å². The van der Waals surface area contributed by atoms with Crippen molar-refractivity contribution in [2.75, 3.05) is 12.4 Å². The third-order valence-corrected chi connectivity index (χ3v) is 5.08. The number of sulfonamides is 1. The smallest absolute Gasteiger partial charge is 0.293 e. The molecule has 3 aromatic rings. The van der Waals surface area contributed by atoms with Crippen LogP contribution in [0.15, 0.2) is 45.9 Å². The van der Waals surface area contributed by atoms with Gasteiger partial charge in [0.1, 0.15) is 0 Å². The average Bonchev–Trinajstić information content (AvgIpc) is 3.19. The maximum absolute atomic E-state index is 12.5. The number of nitrogens with one attached hydrogen (secondary N) is 2. The van der Waals surface area contributed by atoms with Gasteiger partial charge in [0.2, 0.25) is 11.0 Å². The number of aromatic nitrogens is 2. The molecule has 26 heavy (non-hydrogen) atoms. The van der Waals surface area contributed by atoms with Crippen LogP contribution in [0, 0.1) is 0 Å². The molecule has 2 heterocycles. The van der Waals surface area contributed by atoms with Crippen LogP contribution in [-0.2, 0) is 15.6 Å². The Labute approximate surface area is 151 Å². The lowest BCUT2D eigenvalue weighted by Gasteiger charge is -2.24. The summed E-state index contributed by atoms with van der Waals surface area (Å²) >= 11 is 0. The summed E-state index contributed by atoms with van der Waals surface area (Å²) in [4.78, 5) is 17.0. The van der Waals surface area contributed by atoms with Crippen LogP contribution in [0.1, 0.15) is 31.3 Å². The molecule has 0 spiro atoms. The molecule has 0 saturated carbocycles. The van der Waals surface area contributed by atoms with Gasteiger partial charge >= 0.3 is 0 Å². The number of carbonyl (C=O) groups is 1. The number of hydrogen-bond acceptors (Lipinski definition) is 5. The largest absolute Gasteiger partial charge is 0.438 e. The van der Waals surface area contributed by atoms with Gasteiger partial charge in [-0.15, -0.1) is 0 Å². The number of imidazole rings is 1. The molecule has 0 aliphatic rings. The topological polar surface area (TPSA) is 106 Å². The molecule has 1 amide bonds. The van der Waals surface area contributed by atoms with Crippen molar-refractivity contribution in [1.29, 1.82) is 0 Å². The molecule has 0 saturated heterocycles. The molecule has 2 aromatic heterocycles. The molecule has 0 atom stereocenters. The Morgan fingerprint density at radius 3 is 2.50 bits per heavy atom. The third kappa shape index (κ3) is 3.23. The molecule has 0 aliphatic carbocycles. The van der Waals surface area contributed by atoms with E-state index in [1.165, 1.54) is 19.2 Å². The molecule has 2 N–H and O–H groups in total. The fraction of sp³-hybridized carbons (Fsp3) is 0.294. The fourth-order valence-corrected chi connectivity index (χ4v) is 3.29. The summed E-state index contributed by atoms with van der Waals surface area (Å²) in [6.45, 7) is 6.00. The van der Waals surface area contributed by atoms with Crippen LogP contribution in [0.5, 0.6) is 0 Å². The Kier molecular flexibility index (Phi) is 4.37. The van der Waals surface area contributed by atoms with Crippen LogP contribution in [0.2, 0.25) is 0 Å². The minimum absolute atomic E-state index is 0.119. The lowest BCUT2D eigenvalue weighted by atomic mass is 10.1. The number of hydrogen-bond donors (Lipinski definition) is 2. The highest BCUT2D eigenvalue weighted by Gasteiger charge is 2.25. The van der Waals surface area contributed by atoms with Gasteiger partial charge in [-0.1, -0.05) is 12.1 Å². The van der Waals surface area contributed by atoms with E-state index < -0.39 is 15.9 Å². The molecule has 0 unspecified atom stereocenters. The molecule has 0 bridgehead atoms. The molecular weight excluding hydrogens is 356 g/mol. The quantitative estimate of drug-likeness (QED) is 0.728. The van der Waals surface area contributed by atoms with Crippen molar-refractivity contribution in [3.8, 4) is 0 Å². The fourth-order valence-electron chi connectivity index (χ4n) is 2.64. The summed E-state index contributed by atoms with van der Waals surface area (Å²) in [6.07, 6.45) is 0. The number of para-hydroxylation sites is 2. The van der Waals surface area contributed by atoms with Gasteiger partial charge in [0.05, 0.1) is 11.0 Å². The Morgan fingerprint density at radius 2 is 1.85 bits per heavy atom. The van der Waals surface area contributed by atoms with E-state index in [1.807, 2.05) is 49.6 Å². The van der Waals surface area contributed by atoms with Crippen molar-refractivity contribution >= 4 is 32.9 Å². The van der Waals surface area contributed by atoms with Crippen molar-refractivity contribution in [3.05, 3.63) is 42.2 Å². The zero-order valence-corrected chi connectivity index (χ0v) is 15.7. The average molecular weight is 376 g/mol. The zero-order chi connectivity index (χ0) is 19.1. The lowest BCUT2D eigenvalue weighted by Crippen LogP contribution is -2.25. The highest BCUT2D eigenvalue weighted by atomic mass is 32.2. The van der Waals surface area contributed by atoms with E-state index in [9.17, 15) is 13.2 Å². The summed E-state index contributed by atoms with van der Waals surface area (Å²) in [7, 11) is -2.49. The summed E-state index contributed by atoms with van der Waals surface area (Å²) in [5.74, 6) is -0.340. The van der Waals surface area contributed by atoms with Crippen LogP contribution in [0.25, 0.3) is 11.0 Å². The van der Waals surface area contributed by atoms with E-state index in [0.29, 0.717) is 5.95 Å². The number of rotatable bonds is 4.